The lowest BCUT2D eigenvalue weighted by atomic mass is 9.92. The molecule has 4 heteroatoms. The molecule has 1 rings (SSSR count). The van der Waals surface area contributed by atoms with Crippen LogP contribution < -0.4 is 10.6 Å². The Morgan fingerprint density at radius 1 is 1.62 bits per heavy atom. The van der Waals surface area contributed by atoms with E-state index in [2.05, 4.69) is 16.7 Å². The number of hydrogen-bond acceptors (Lipinski definition) is 4. The van der Waals surface area contributed by atoms with Gasteiger partial charge in [0.05, 0.1) is 6.07 Å². The maximum atomic E-state index is 9.03. The first kappa shape index (κ1) is 10.5. The number of aliphatic hydroxyl groups excluding tert-OH is 1. The van der Waals surface area contributed by atoms with Crippen molar-refractivity contribution in [3.8, 4) is 6.07 Å². The fourth-order valence-corrected chi connectivity index (χ4v) is 1.60. The van der Waals surface area contributed by atoms with E-state index in [1.165, 1.54) is 0 Å². The molecule has 0 bridgehead atoms. The largest absolute Gasteiger partial charge is 0.396 e. The summed E-state index contributed by atoms with van der Waals surface area (Å²) in [6, 6.07) is 2.32. The zero-order chi connectivity index (χ0) is 9.57. The molecule has 1 atom stereocenters. The van der Waals surface area contributed by atoms with E-state index in [1.54, 1.807) is 0 Å². The van der Waals surface area contributed by atoms with E-state index in [9.17, 15) is 0 Å². The molecule has 0 radical (unpaired) electrons. The monoisotopic (exact) mass is 183 g/mol. The minimum Gasteiger partial charge on any atom is -0.396 e. The van der Waals surface area contributed by atoms with Crippen LogP contribution in [0.25, 0.3) is 0 Å². The van der Waals surface area contributed by atoms with Crippen molar-refractivity contribution in [2.75, 3.05) is 26.2 Å². The summed E-state index contributed by atoms with van der Waals surface area (Å²) < 4.78 is 0. The smallest absolute Gasteiger partial charge is 0.119 e. The SMILES string of the molecule is N#CC1(NCCCO)CCCNC1. The van der Waals surface area contributed by atoms with Crippen molar-refractivity contribution in [1.29, 1.82) is 5.26 Å². The molecule has 13 heavy (non-hydrogen) atoms. The van der Waals surface area contributed by atoms with Crippen LogP contribution in [-0.2, 0) is 0 Å². The molecule has 0 aliphatic carbocycles. The fourth-order valence-electron chi connectivity index (χ4n) is 1.60. The summed E-state index contributed by atoms with van der Waals surface area (Å²) in [7, 11) is 0. The Morgan fingerprint density at radius 3 is 3.00 bits per heavy atom. The molecule has 3 N–H and O–H groups in total. The summed E-state index contributed by atoms with van der Waals surface area (Å²) in [5.74, 6) is 0. The molecule has 1 aliphatic heterocycles. The van der Waals surface area contributed by atoms with Gasteiger partial charge in [0.2, 0.25) is 0 Å². The Bertz CT molecular complexity index is 182. The van der Waals surface area contributed by atoms with Crippen LogP contribution in [0.2, 0.25) is 0 Å². The van der Waals surface area contributed by atoms with E-state index in [0.29, 0.717) is 13.0 Å². The van der Waals surface area contributed by atoms with Crippen molar-refractivity contribution in [1.82, 2.24) is 10.6 Å². The third-order valence-electron chi connectivity index (χ3n) is 2.40. The van der Waals surface area contributed by atoms with Crippen LogP contribution in [0, 0.1) is 11.3 Å². The predicted molar refractivity (Wildman–Crippen MR) is 50.2 cm³/mol. The van der Waals surface area contributed by atoms with Gasteiger partial charge in [0, 0.05) is 13.2 Å². The van der Waals surface area contributed by atoms with E-state index < -0.39 is 5.54 Å². The van der Waals surface area contributed by atoms with Gasteiger partial charge in [0.25, 0.3) is 0 Å². The molecule has 1 fully saturated rings. The zero-order valence-corrected chi connectivity index (χ0v) is 7.84. The second kappa shape index (κ2) is 5.18. The lowest BCUT2D eigenvalue weighted by Gasteiger charge is -2.32. The topological polar surface area (TPSA) is 68.1 Å². The maximum Gasteiger partial charge on any atom is 0.119 e. The van der Waals surface area contributed by atoms with Crippen molar-refractivity contribution in [2.24, 2.45) is 0 Å². The maximum absolute atomic E-state index is 9.03. The quantitative estimate of drug-likeness (QED) is 0.519. The Morgan fingerprint density at radius 2 is 2.46 bits per heavy atom. The first-order valence-corrected chi connectivity index (χ1v) is 4.81. The molecule has 4 nitrogen and oxygen atoms in total. The standard InChI is InChI=1S/C9H17N3O/c10-7-9(12-5-2-6-13)3-1-4-11-8-9/h11-13H,1-6,8H2. The molecule has 1 aliphatic rings. The Labute approximate surface area is 78.9 Å². The molecule has 74 valence electrons. The molecule has 0 aromatic rings. The number of nitriles is 1. The van der Waals surface area contributed by atoms with Crippen molar-refractivity contribution < 1.29 is 5.11 Å². The van der Waals surface area contributed by atoms with Crippen molar-refractivity contribution in [2.45, 2.75) is 24.8 Å². The van der Waals surface area contributed by atoms with E-state index >= 15 is 0 Å². The van der Waals surface area contributed by atoms with Gasteiger partial charge in [0.15, 0.2) is 0 Å². The first-order chi connectivity index (χ1) is 6.33. The van der Waals surface area contributed by atoms with Crippen LogP contribution in [0.3, 0.4) is 0 Å². The van der Waals surface area contributed by atoms with Gasteiger partial charge in [-0.25, -0.2) is 0 Å². The number of nitrogens with zero attached hydrogens (tertiary/aromatic N) is 1. The number of nitrogens with one attached hydrogen (secondary N) is 2. The van der Waals surface area contributed by atoms with Crippen LogP contribution in [0.5, 0.6) is 0 Å². The molecule has 1 heterocycles. The summed E-state index contributed by atoms with van der Waals surface area (Å²) in [5.41, 5.74) is -0.395. The minimum atomic E-state index is -0.395. The highest BCUT2D eigenvalue weighted by molar-refractivity contribution is 5.10. The Balaban J connectivity index is 2.35. The number of hydrogen-bond donors (Lipinski definition) is 3. The van der Waals surface area contributed by atoms with Gasteiger partial charge >= 0.3 is 0 Å². The van der Waals surface area contributed by atoms with Gasteiger partial charge in [-0.1, -0.05) is 0 Å². The van der Waals surface area contributed by atoms with Gasteiger partial charge < -0.3 is 10.4 Å². The second-order valence-electron chi connectivity index (χ2n) is 3.48. The molecule has 1 saturated heterocycles. The number of aliphatic hydroxyl groups is 1. The van der Waals surface area contributed by atoms with Gasteiger partial charge in [-0.15, -0.1) is 0 Å². The molecular weight excluding hydrogens is 166 g/mol. The van der Waals surface area contributed by atoms with Crippen LogP contribution in [0.4, 0.5) is 0 Å². The van der Waals surface area contributed by atoms with Crippen molar-refractivity contribution in [3.63, 3.8) is 0 Å². The fraction of sp³-hybridized carbons (Fsp3) is 0.889. The van der Waals surface area contributed by atoms with E-state index in [-0.39, 0.29) is 6.61 Å². The molecule has 0 saturated carbocycles. The van der Waals surface area contributed by atoms with Crippen LogP contribution in [-0.4, -0.2) is 36.9 Å². The average molecular weight is 183 g/mol. The highest BCUT2D eigenvalue weighted by Crippen LogP contribution is 2.14. The van der Waals surface area contributed by atoms with Crippen molar-refractivity contribution >= 4 is 0 Å². The highest BCUT2D eigenvalue weighted by atomic mass is 16.3. The normalized spacial score (nSPS) is 28.3. The number of rotatable bonds is 4. The van der Waals surface area contributed by atoms with E-state index in [4.69, 9.17) is 10.4 Å². The highest BCUT2D eigenvalue weighted by Gasteiger charge is 2.30. The lowest BCUT2D eigenvalue weighted by Crippen LogP contribution is -2.55. The molecule has 0 spiro atoms. The zero-order valence-electron chi connectivity index (χ0n) is 7.84. The van der Waals surface area contributed by atoms with Gasteiger partial charge in [-0.3, -0.25) is 5.32 Å². The Hall–Kier alpha value is -0.630. The molecular formula is C9H17N3O. The summed E-state index contributed by atoms with van der Waals surface area (Å²) in [6.07, 6.45) is 2.66. The Kier molecular flexibility index (Phi) is 4.16. The van der Waals surface area contributed by atoms with Crippen LogP contribution in [0.1, 0.15) is 19.3 Å². The third-order valence-corrected chi connectivity index (χ3v) is 2.40. The third kappa shape index (κ3) is 2.96. The second-order valence-corrected chi connectivity index (χ2v) is 3.48. The average Bonchev–Trinajstić information content (AvgIpc) is 2.20. The summed E-state index contributed by atoms with van der Waals surface area (Å²) in [4.78, 5) is 0. The van der Waals surface area contributed by atoms with Gasteiger partial charge in [-0.05, 0) is 32.4 Å². The summed E-state index contributed by atoms with van der Waals surface area (Å²) >= 11 is 0. The molecule has 0 amide bonds. The molecule has 0 aromatic carbocycles. The molecule has 0 aromatic heterocycles. The van der Waals surface area contributed by atoms with Gasteiger partial charge in [0.1, 0.15) is 5.54 Å². The summed E-state index contributed by atoms with van der Waals surface area (Å²) in [6.45, 7) is 2.62. The number of piperidine rings is 1. The van der Waals surface area contributed by atoms with E-state index in [0.717, 1.165) is 25.9 Å². The van der Waals surface area contributed by atoms with Crippen LogP contribution >= 0.6 is 0 Å². The van der Waals surface area contributed by atoms with Gasteiger partial charge in [-0.2, -0.15) is 5.26 Å². The minimum absolute atomic E-state index is 0.182. The van der Waals surface area contributed by atoms with Crippen LogP contribution in [0.15, 0.2) is 0 Å². The van der Waals surface area contributed by atoms with E-state index in [1.807, 2.05) is 0 Å². The molecule has 1 unspecified atom stereocenters. The first-order valence-electron chi connectivity index (χ1n) is 4.81. The lowest BCUT2D eigenvalue weighted by molar-refractivity contribution is 0.265. The summed E-state index contributed by atoms with van der Waals surface area (Å²) in [5, 5.41) is 24.0. The predicted octanol–water partition coefficient (Wildman–Crippen LogP) is -0.396. The van der Waals surface area contributed by atoms with Crippen molar-refractivity contribution in [3.05, 3.63) is 0 Å².